The Bertz CT molecular complexity index is 214. The lowest BCUT2D eigenvalue weighted by molar-refractivity contribution is 0.431. The lowest BCUT2D eigenvalue weighted by Crippen LogP contribution is -1.81. The number of rotatable bonds is 1. The van der Waals surface area contributed by atoms with E-state index >= 15 is 0 Å². The zero-order chi connectivity index (χ0) is 5.98. The standard InChI is InChI=1S/C4H6N2OS/c1-5-3-2-4(8)6-7-3/h2,5H,1H3,(H,6,8). The van der Waals surface area contributed by atoms with Crippen LogP contribution >= 0.6 is 12.2 Å². The highest BCUT2D eigenvalue weighted by molar-refractivity contribution is 7.71. The maximum Gasteiger partial charge on any atom is 0.222 e. The van der Waals surface area contributed by atoms with E-state index in [1.165, 1.54) is 0 Å². The smallest absolute Gasteiger partial charge is 0.222 e. The van der Waals surface area contributed by atoms with Crippen molar-refractivity contribution in [1.82, 2.24) is 5.16 Å². The molecule has 0 saturated heterocycles. The van der Waals surface area contributed by atoms with Crippen LogP contribution in [0.4, 0.5) is 5.88 Å². The lowest BCUT2D eigenvalue weighted by Gasteiger charge is -1.83. The van der Waals surface area contributed by atoms with Crippen LogP contribution in [0.25, 0.3) is 0 Å². The van der Waals surface area contributed by atoms with Crippen molar-refractivity contribution in [2.45, 2.75) is 0 Å². The molecule has 1 rings (SSSR count). The Morgan fingerprint density at radius 1 is 1.88 bits per heavy atom. The zero-order valence-electron chi connectivity index (χ0n) is 4.39. The molecule has 0 fully saturated rings. The van der Waals surface area contributed by atoms with E-state index in [0.29, 0.717) is 10.5 Å². The molecule has 0 aliphatic rings. The summed E-state index contributed by atoms with van der Waals surface area (Å²) >= 11 is 4.71. The van der Waals surface area contributed by atoms with Gasteiger partial charge in [-0.05, 0) is 0 Å². The Morgan fingerprint density at radius 2 is 2.62 bits per heavy atom. The highest BCUT2D eigenvalue weighted by Crippen LogP contribution is 2.02. The molecular weight excluding hydrogens is 124 g/mol. The van der Waals surface area contributed by atoms with Crippen LogP contribution in [0.5, 0.6) is 0 Å². The molecule has 0 unspecified atom stereocenters. The molecule has 0 amide bonds. The average molecular weight is 130 g/mol. The quantitative estimate of drug-likeness (QED) is 0.564. The molecule has 44 valence electrons. The molecule has 8 heavy (non-hydrogen) atoms. The van der Waals surface area contributed by atoms with Crippen molar-refractivity contribution in [1.29, 1.82) is 0 Å². The Morgan fingerprint density at radius 3 is 2.88 bits per heavy atom. The minimum absolute atomic E-state index is 0.606. The Balaban J connectivity index is 3.01. The van der Waals surface area contributed by atoms with Crippen molar-refractivity contribution >= 4 is 18.1 Å². The number of aromatic nitrogens is 1. The van der Waals surface area contributed by atoms with Gasteiger partial charge >= 0.3 is 0 Å². The lowest BCUT2D eigenvalue weighted by atomic mass is 10.7. The minimum Gasteiger partial charge on any atom is -0.363 e. The van der Waals surface area contributed by atoms with Gasteiger partial charge in [0.25, 0.3) is 0 Å². The Kier molecular flexibility index (Phi) is 1.34. The van der Waals surface area contributed by atoms with Gasteiger partial charge in [0.15, 0.2) is 0 Å². The average Bonchev–Trinajstić information content (AvgIpc) is 2.14. The minimum atomic E-state index is 0.606. The second kappa shape index (κ2) is 2.00. The van der Waals surface area contributed by atoms with Crippen molar-refractivity contribution < 1.29 is 4.52 Å². The number of H-pyrrole nitrogens is 1. The van der Waals surface area contributed by atoms with Crippen LogP contribution in [0.2, 0.25) is 0 Å². The van der Waals surface area contributed by atoms with E-state index < -0.39 is 0 Å². The van der Waals surface area contributed by atoms with E-state index in [2.05, 4.69) is 10.5 Å². The predicted molar refractivity (Wildman–Crippen MR) is 33.4 cm³/mol. The van der Waals surface area contributed by atoms with Gasteiger partial charge in [-0.15, -0.1) is 0 Å². The SMILES string of the molecule is CNc1cc(=S)[nH]o1. The maximum absolute atomic E-state index is 4.77. The van der Waals surface area contributed by atoms with Crippen molar-refractivity contribution in [2.24, 2.45) is 0 Å². The van der Waals surface area contributed by atoms with Crippen molar-refractivity contribution in [3.8, 4) is 0 Å². The molecule has 1 aromatic rings. The zero-order valence-corrected chi connectivity index (χ0v) is 5.21. The van der Waals surface area contributed by atoms with E-state index in [0.717, 1.165) is 0 Å². The third kappa shape index (κ3) is 0.894. The molecule has 3 nitrogen and oxygen atoms in total. The number of nitrogens with one attached hydrogen (secondary N) is 2. The van der Waals surface area contributed by atoms with Gasteiger partial charge in [-0.1, -0.05) is 12.2 Å². The van der Waals surface area contributed by atoms with Crippen LogP contribution in [0.1, 0.15) is 0 Å². The molecule has 0 saturated carbocycles. The fraction of sp³-hybridized carbons (Fsp3) is 0.250. The molecular formula is C4H6N2OS. The molecule has 0 aliphatic heterocycles. The first-order chi connectivity index (χ1) is 3.83. The summed E-state index contributed by atoms with van der Waals surface area (Å²) in [4.78, 5) is 0. The third-order valence-electron chi connectivity index (χ3n) is 0.770. The van der Waals surface area contributed by atoms with E-state index in [1.807, 2.05) is 0 Å². The number of hydrogen-bond acceptors (Lipinski definition) is 3. The van der Waals surface area contributed by atoms with Gasteiger partial charge in [0.1, 0.15) is 4.64 Å². The largest absolute Gasteiger partial charge is 0.363 e. The molecule has 0 radical (unpaired) electrons. The fourth-order valence-electron chi connectivity index (χ4n) is 0.406. The van der Waals surface area contributed by atoms with Gasteiger partial charge in [-0.2, -0.15) is 0 Å². The van der Waals surface area contributed by atoms with Gasteiger partial charge in [0, 0.05) is 13.1 Å². The molecule has 4 heteroatoms. The van der Waals surface area contributed by atoms with E-state index in [-0.39, 0.29) is 0 Å². The van der Waals surface area contributed by atoms with Crippen molar-refractivity contribution in [3.05, 3.63) is 10.7 Å². The summed E-state index contributed by atoms with van der Waals surface area (Å²) in [5.41, 5.74) is 0. The summed E-state index contributed by atoms with van der Waals surface area (Å²) in [5, 5.41) is 5.28. The normalized spacial score (nSPS) is 9.12. The van der Waals surface area contributed by atoms with Gasteiger partial charge in [-0.25, -0.2) is 5.16 Å². The fourth-order valence-corrected chi connectivity index (χ4v) is 0.555. The summed E-state index contributed by atoms with van der Waals surface area (Å²) < 4.78 is 5.38. The summed E-state index contributed by atoms with van der Waals surface area (Å²) in [6.45, 7) is 0. The van der Waals surface area contributed by atoms with Crippen LogP contribution in [0.15, 0.2) is 10.6 Å². The van der Waals surface area contributed by atoms with Gasteiger partial charge in [0.2, 0.25) is 5.88 Å². The molecule has 0 aromatic carbocycles. The highest BCUT2D eigenvalue weighted by atomic mass is 32.1. The third-order valence-corrected chi connectivity index (χ3v) is 0.971. The molecule has 1 aromatic heterocycles. The van der Waals surface area contributed by atoms with Gasteiger partial charge in [-0.3, -0.25) is 0 Å². The topological polar surface area (TPSA) is 41.0 Å². The second-order valence-electron chi connectivity index (χ2n) is 1.33. The van der Waals surface area contributed by atoms with E-state index in [4.69, 9.17) is 16.7 Å². The first kappa shape index (κ1) is 5.37. The molecule has 1 heterocycles. The first-order valence-corrected chi connectivity index (χ1v) is 2.60. The van der Waals surface area contributed by atoms with Crippen LogP contribution in [0.3, 0.4) is 0 Å². The molecule has 0 aliphatic carbocycles. The van der Waals surface area contributed by atoms with Crippen LogP contribution < -0.4 is 5.32 Å². The number of anilines is 1. The molecule has 0 spiro atoms. The van der Waals surface area contributed by atoms with Crippen molar-refractivity contribution in [2.75, 3.05) is 12.4 Å². The van der Waals surface area contributed by atoms with Gasteiger partial charge in [0.05, 0.1) is 0 Å². The molecule has 0 atom stereocenters. The van der Waals surface area contributed by atoms with Gasteiger partial charge < -0.3 is 9.84 Å². The summed E-state index contributed by atoms with van der Waals surface area (Å²) in [7, 11) is 1.77. The van der Waals surface area contributed by atoms with Crippen LogP contribution in [-0.4, -0.2) is 12.2 Å². The monoisotopic (exact) mass is 130 g/mol. The van der Waals surface area contributed by atoms with Crippen molar-refractivity contribution in [3.63, 3.8) is 0 Å². The first-order valence-electron chi connectivity index (χ1n) is 2.19. The molecule has 2 N–H and O–H groups in total. The second-order valence-corrected chi connectivity index (χ2v) is 1.77. The predicted octanol–water partition coefficient (Wildman–Crippen LogP) is 1.38. The molecule has 0 bridgehead atoms. The van der Waals surface area contributed by atoms with Crippen LogP contribution in [0, 0.1) is 4.64 Å². The number of hydrogen-bond donors (Lipinski definition) is 2. The Hall–Kier alpha value is -0.770. The summed E-state index contributed by atoms with van der Waals surface area (Å²) in [6.07, 6.45) is 0. The van der Waals surface area contributed by atoms with E-state index in [9.17, 15) is 0 Å². The summed E-state index contributed by atoms with van der Waals surface area (Å²) in [6, 6.07) is 1.70. The maximum atomic E-state index is 4.77. The highest BCUT2D eigenvalue weighted by Gasteiger charge is 1.87. The summed E-state index contributed by atoms with van der Waals surface area (Å²) in [5.74, 6) is 0.662. The van der Waals surface area contributed by atoms with E-state index in [1.54, 1.807) is 13.1 Å². The Labute approximate surface area is 51.7 Å². The van der Waals surface area contributed by atoms with Crippen LogP contribution in [-0.2, 0) is 0 Å². The number of aromatic amines is 1.